The first-order valence-electron chi connectivity index (χ1n) is 38.0. The van der Waals surface area contributed by atoms with Crippen LogP contribution < -0.4 is 49.7 Å². The number of benzene rings is 7. The summed E-state index contributed by atoms with van der Waals surface area (Å²) < 4.78 is 118. The molecule has 0 atom stereocenters. The Hall–Kier alpha value is -9.47. The van der Waals surface area contributed by atoms with Crippen molar-refractivity contribution >= 4 is 236 Å². The van der Waals surface area contributed by atoms with Gasteiger partial charge >= 0.3 is 39.5 Å². The van der Waals surface area contributed by atoms with Crippen molar-refractivity contribution in [1.82, 2.24) is 79.3 Å². The van der Waals surface area contributed by atoms with Crippen molar-refractivity contribution in [1.29, 1.82) is 15.8 Å². The van der Waals surface area contributed by atoms with Crippen LogP contribution in [-0.4, -0.2) is 166 Å². The molecule has 724 valence electrons. The van der Waals surface area contributed by atoms with Crippen LogP contribution in [0.1, 0.15) is 88.3 Å². The summed E-state index contributed by atoms with van der Waals surface area (Å²) in [5.74, 6) is 4.11. The molecule has 51 heteroatoms. The number of halogens is 17. The Morgan fingerprint density at radius 1 is 0.564 bits per heavy atom. The largest absolute Gasteiger partial charge is 1.00 e. The van der Waals surface area contributed by atoms with Gasteiger partial charge in [-0.15, -0.1) is 40.1 Å². The van der Waals surface area contributed by atoms with Crippen molar-refractivity contribution in [2.75, 3.05) is 107 Å². The third-order valence-corrected chi connectivity index (χ3v) is 19.0. The van der Waals surface area contributed by atoms with Crippen LogP contribution in [0.15, 0.2) is 95.8 Å². The number of aryl methyl sites for hydroxylation is 10. The number of nitrogens with one attached hydrogen (secondary N) is 4. The van der Waals surface area contributed by atoms with E-state index in [1.165, 1.54) is 48.8 Å². The Bertz CT molecular complexity index is 6280. The van der Waals surface area contributed by atoms with E-state index in [1.807, 2.05) is 41.0 Å². The number of hydrogen-bond acceptors (Lipinski definition) is 26. The number of carbonyl (C=O) groups is 3. The number of H-pyrrole nitrogens is 1. The van der Waals surface area contributed by atoms with Gasteiger partial charge in [0.2, 0.25) is 17.1 Å². The van der Waals surface area contributed by atoms with Crippen molar-refractivity contribution in [2.45, 2.75) is 90.0 Å². The number of ether oxygens (including phenoxy) is 2. The van der Waals surface area contributed by atoms with Gasteiger partial charge in [-0.2, -0.15) is 24.1 Å². The first kappa shape index (κ1) is 124. The number of hydrogen-bond donors (Lipinski definition) is 8. The molecule has 0 saturated carbocycles. The predicted octanol–water partition coefficient (Wildman–Crippen LogP) is 19.2. The van der Waals surface area contributed by atoms with Gasteiger partial charge in [0.15, 0.2) is 16.9 Å². The topological polar surface area (TPSA) is 457 Å². The summed E-state index contributed by atoms with van der Waals surface area (Å²) in [4.78, 5) is 72.9. The number of piperazine rings is 2. The molecule has 0 spiro atoms. The summed E-state index contributed by atoms with van der Waals surface area (Å²) in [6.45, 7) is 35.3. The maximum Gasteiger partial charge on any atom is 1.00 e. The number of nitrogens with zero attached hydrogens (tertiary/aromatic N) is 17. The number of amides is 2. The average molecular weight is 2310 g/mol. The molecule has 13 aromatic rings. The van der Waals surface area contributed by atoms with Crippen LogP contribution >= 0.6 is 140 Å². The Morgan fingerprint density at radius 3 is 1.38 bits per heavy atom. The predicted molar refractivity (Wildman–Crippen MR) is 527 cm³/mol. The summed E-state index contributed by atoms with van der Waals surface area (Å²) in [5, 5.41) is 39.6. The van der Waals surface area contributed by atoms with Crippen LogP contribution in [0.5, 0.6) is 0 Å². The molecular weight excluding hydrogens is 2210 g/mol. The molecule has 12 N–H and O–H groups in total. The quantitative estimate of drug-likeness (QED) is 0.00693. The van der Waals surface area contributed by atoms with Gasteiger partial charge in [-0.3, -0.25) is 20.1 Å². The third kappa shape index (κ3) is 38.3. The normalized spacial score (nSPS) is 11.5. The van der Waals surface area contributed by atoms with Crippen LogP contribution in [0.3, 0.4) is 0 Å². The molecule has 2 fully saturated rings. The van der Waals surface area contributed by atoms with E-state index in [2.05, 4.69) is 138 Å². The van der Waals surface area contributed by atoms with E-state index in [9.17, 15) is 54.5 Å². The average Bonchev–Trinajstić information content (AvgIpc) is 1.65. The maximum atomic E-state index is 14.6. The van der Waals surface area contributed by atoms with Crippen LogP contribution in [0.25, 0.3) is 49.7 Å². The first-order valence-corrected chi connectivity index (χ1v) is 47.0. The van der Waals surface area contributed by atoms with Crippen molar-refractivity contribution in [3.8, 4) is 12.1 Å². The van der Waals surface area contributed by atoms with Gasteiger partial charge in [0.25, 0.3) is 0 Å². The molecule has 0 aliphatic carbocycles. The van der Waals surface area contributed by atoms with Crippen LogP contribution in [0.4, 0.5) is 69.0 Å². The molecule has 2 saturated heterocycles. The first-order chi connectivity index (χ1) is 61.2. The van der Waals surface area contributed by atoms with Crippen LogP contribution in [-0.2, 0) is 35.9 Å². The zero-order valence-corrected chi connectivity index (χ0v) is 86.1. The second-order valence-corrected chi connectivity index (χ2v) is 35.6. The number of likely N-dealkylation sites (N-methyl/N-ethyl adjacent to an activating group) is 2. The number of rotatable bonds is 4. The van der Waals surface area contributed by atoms with Crippen molar-refractivity contribution in [2.24, 2.45) is 5.84 Å². The number of nitrogen functional groups attached to an aromatic ring is 3. The number of anilines is 5. The summed E-state index contributed by atoms with van der Waals surface area (Å²) in [6, 6.07) is 27.8. The van der Waals surface area contributed by atoms with Gasteiger partial charge in [0, 0.05) is 104 Å². The number of fused-ring (bicyclic) bond motifs is 9. The monoisotopic (exact) mass is 2300 g/mol. The van der Waals surface area contributed by atoms with Crippen LogP contribution in [0.2, 0.25) is 5.28 Å². The molecule has 133 heavy (non-hydrogen) atoms. The molecule has 32 nitrogen and oxygen atoms in total. The number of aromatic nitrogens is 12. The van der Waals surface area contributed by atoms with E-state index in [0.29, 0.717) is 122 Å². The minimum absolute atomic E-state index is 0. The molecule has 0 radical (unpaired) electrons. The third-order valence-electron chi connectivity index (χ3n) is 17.5. The Morgan fingerprint density at radius 2 is 0.955 bits per heavy atom. The molecule has 2 aliphatic rings. The van der Waals surface area contributed by atoms with E-state index < -0.39 is 34.0 Å². The number of nitrogens with two attached hydrogens (primary N) is 4. The van der Waals surface area contributed by atoms with E-state index in [4.69, 9.17) is 67.7 Å². The van der Waals surface area contributed by atoms with E-state index in [0.717, 1.165) is 49.7 Å². The fourth-order valence-corrected chi connectivity index (χ4v) is 11.8. The van der Waals surface area contributed by atoms with Crippen LogP contribution in [0, 0.1) is 148 Å². The van der Waals surface area contributed by atoms with Gasteiger partial charge < -0.3 is 63.5 Å². The zero-order chi connectivity index (χ0) is 98.5. The molecule has 7 aromatic carbocycles. The molecule has 0 bridgehead atoms. The summed E-state index contributed by atoms with van der Waals surface area (Å²) in [5.41, 5.74) is 24.3. The van der Waals surface area contributed by atoms with Gasteiger partial charge in [-0.05, 0) is 261 Å². The number of hydrazine groups is 1. The van der Waals surface area contributed by atoms with Gasteiger partial charge in [0.1, 0.15) is 81.5 Å². The molecule has 2 aliphatic heterocycles. The molecule has 8 heterocycles. The SMILES string of the molecule is CC(=O)NN.CCOC(=O)Cl.CCOC(=O)Nc1ccc(C)c(F)c1C#N.CN1CCNCC1.Cc1ccc(N)c(C#N)c1F.Cc1ccc(N)c(I)c1F.Cc1ccc(N)cc1F.Cc1nc2c3c(F)c(C)ccc3[nH]c(=O)n2n1.Cc1nc2c3c(F)c(C)ccc3nc(Cl)n2n1.Cc1nc2c3c(F)c(C)ccc3nc(N3CCN(C)CC3)n2n1.Cl.Cl.ClI.O=P(Cl)(Cl)Cl.[C-]#N.[Cu+]. The Balaban J connectivity index is 0.00000148. The van der Waals surface area contributed by atoms with Gasteiger partial charge in [-0.25, -0.2) is 75.9 Å². The van der Waals surface area contributed by atoms with E-state index >= 15 is 0 Å². The number of carbonyl (C=O) groups excluding carboxylic acids is 3. The van der Waals surface area contributed by atoms with Crippen molar-refractivity contribution in [3.05, 3.63) is 225 Å². The Labute approximate surface area is 840 Å². The molecule has 0 unspecified atom stereocenters. The molecular formula is C82H94Cl8CuF7I2N25O7P. The second-order valence-electron chi connectivity index (χ2n) is 27.3. The summed E-state index contributed by atoms with van der Waals surface area (Å²) >= 11 is 28.1. The van der Waals surface area contributed by atoms with E-state index in [1.54, 1.807) is 175 Å². The Kier molecular flexibility index (Phi) is 56.5. The minimum atomic E-state index is -3.22. The molecule has 2 amide bonds. The van der Waals surface area contributed by atoms with E-state index in [-0.39, 0.29) is 117 Å². The number of aromatic amines is 1. The fourth-order valence-electron chi connectivity index (χ4n) is 10.9. The molecule has 6 aromatic heterocycles. The zero-order valence-electron chi connectivity index (χ0n) is 73.7. The van der Waals surface area contributed by atoms with Crippen molar-refractivity contribution in [3.63, 3.8) is 0 Å². The number of nitriles is 2. The minimum Gasteiger partial charge on any atom is -0.512 e. The standard InChI is InChI=1S/C16H19FN6.C11H8ClFN4.C11H9FN4O.C11H11FN2O2.C8H7FN2.C7H7FIN.C7H8FN.C5H12N2.C3H5ClO2.C2H6N2O.CN.Cl3OP.ClI.2ClH.Cu/c1-10-4-5-12-13(14(10)17)15-18-11(2)20-23(15)16(19-12)22-8-6-21(3)7-9-22;1-5-3-4-7-8(9(5)13)10-14-6(2)16-17(10)11(12)15-7;1-5-3-4-7-8(9(5)12)10-13-6(2)15-16(10)11(17)14-7;1-3-16-11(15)14-9-5-4-7(2)10(12)8(9)6-13;1-5-2-3-7(11)6(4-10)8(5)9;1-4-2-3-5(10)7(9)6(4)8;1-5-2-3-6(9)4-7(5)8;1-7-4-2-6-3-5-7;1-2-6-3(4)5;1-2(5)4-3;1-2;1-5(2,3)4;1-2;;;/h4-5H,6-9H2,1-3H3;3-4H,1-2H3;3-4H,1-2H3,(H,14,17);4-5H,3H2,1-2H3,(H,14,15);2-3H,11H2,1H3;2-3H,10H2,1H3;2-4H,9H2,1H3;6H,2-5H2,1H3;2H2,1H3;3H2,1H3,(H,4,5);;;;2*1H;/q;;;;;;;;;;-1;;;;;+1. The summed E-state index contributed by atoms with van der Waals surface area (Å²) in [7, 11) is 8.87. The van der Waals surface area contributed by atoms with Gasteiger partial charge in [0.05, 0.1) is 60.9 Å². The van der Waals surface area contributed by atoms with Crippen molar-refractivity contribution < 1.29 is 76.2 Å². The smallest absolute Gasteiger partial charge is 0.512 e. The fraction of sp³-hybridized carbons (Fsp3) is 0.305. The molecule has 15 rings (SSSR count). The summed E-state index contributed by atoms with van der Waals surface area (Å²) in [6.07, 6.45) is -0.706. The van der Waals surface area contributed by atoms with Gasteiger partial charge in [-0.1, -0.05) is 42.5 Å². The maximum absolute atomic E-state index is 14.6. The second kappa shape index (κ2) is 60.8.